The van der Waals surface area contributed by atoms with Gasteiger partial charge in [-0.3, -0.25) is 0 Å². The number of hydrogen-bond donors (Lipinski definition) is 0. The lowest BCUT2D eigenvalue weighted by Crippen LogP contribution is -2.09. The Labute approximate surface area is 330 Å². The Bertz CT molecular complexity index is 3230. The van der Waals surface area contributed by atoms with E-state index >= 15 is 0 Å². The first-order valence-electron chi connectivity index (χ1n) is 19.4. The second kappa shape index (κ2) is 13.6. The lowest BCUT2D eigenvalue weighted by Gasteiger charge is -2.26. The minimum absolute atomic E-state index is 0.861. The third kappa shape index (κ3) is 5.76. The van der Waals surface area contributed by atoms with Gasteiger partial charge in [-0.25, -0.2) is 0 Å². The molecule has 0 atom stereocenters. The second-order valence-electron chi connectivity index (χ2n) is 14.6. The van der Waals surface area contributed by atoms with Crippen LogP contribution < -0.4 is 4.90 Å². The maximum absolute atomic E-state index is 6.51. The zero-order chi connectivity index (χ0) is 37.7. The van der Waals surface area contributed by atoms with Gasteiger partial charge in [0.05, 0.1) is 11.0 Å². The highest BCUT2D eigenvalue weighted by Crippen LogP contribution is 2.41. The number of benzene rings is 9. The number of rotatable bonds is 7. The average molecular weight is 729 g/mol. The molecule has 0 fully saturated rings. The molecule has 0 radical (unpaired) electrons. The fourth-order valence-electron chi connectivity index (χ4n) is 8.45. The molecule has 3 nitrogen and oxygen atoms in total. The largest absolute Gasteiger partial charge is 0.456 e. The molecule has 0 N–H and O–H groups in total. The van der Waals surface area contributed by atoms with E-state index in [1.165, 1.54) is 49.6 Å². The van der Waals surface area contributed by atoms with Crippen molar-refractivity contribution in [2.45, 2.75) is 0 Å². The Morgan fingerprint density at radius 1 is 0.298 bits per heavy atom. The van der Waals surface area contributed by atoms with Crippen LogP contribution in [-0.4, -0.2) is 4.57 Å². The molecule has 0 aliphatic heterocycles. The third-order valence-corrected chi connectivity index (χ3v) is 11.2. The topological polar surface area (TPSA) is 21.3 Å². The monoisotopic (exact) mass is 728 g/mol. The first-order chi connectivity index (χ1) is 28.2. The maximum atomic E-state index is 6.51. The van der Waals surface area contributed by atoms with Crippen molar-refractivity contribution in [2.75, 3.05) is 4.90 Å². The zero-order valence-electron chi connectivity index (χ0n) is 31.1. The molecule has 2 heterocycles. The van der Waals surface area contributed by atoms with Gasteiger partial charge in [0.1, 0.15) is 11.2 Å². The van der Waals surface area contributed by atoms with Crippen molar-refractivity contribution in [2.24, 2.45) is 0 Å². The minimum atomic E-state index is 0.861. The molecule has 268 valence electrons. The first kappa shape index (κ1) is 32.8. The van der Waals surface area contributed by atoms with Crippen LogP contribution in [0, 0.1) is 0 Å². The summed E-state index contributed by atoms with van der Waals surface area (Å²) in [6.07, 6.45) is 0. The maximum Gasteiger partial charge on any atom is 0.135 e. The fraction of sp³-hybridized carbons (Fsp3) is 0. The molecule has 2 aromatic heterocycles. The van der Waals surface area contributed by atoms with Gasteiger partial charge in [0.15, 0.2) is 0 Å². The Kier molecular flexibility index (Phi) is 7.82. The van der Waals surface area contributed by atoms with Crippen LogP contribution in [0.5, 0.6) is 0 Å². The third-order valence-electron chi connectivity index (χ3n) is 11.2. The molecule has 11 rings (SSSR count). The average Bonchev–Trinajstić information content (AvgIpc) is 3.82. The highest BCUT2D eigenvalue weighted by atomic mass is 16.3. The Morgan fingerprint density at radius 3 is 1.58 bits per heavy atom. The number of nitrogens with zero attached hydrogens (tertiary/aromatic N) is 2. The van der Waals surface area contributed by atoms with Crippen LogP contribution in [0.1, 0.15) is 0 Å². The zero-order valence-corrected chi connectivity index (χ0v) is 31.1. The minimum Gasteiger partial charge on any atom is -0.456 e. The molecular weight excluding hydrogens is 693 g/mol. The summed E-state index contributed by atoms with van der Waals surface area (Å²) in [5, 5.41) is 4.62. The molecule has 9 aromatic carbocycles. The van der Waals surface area contributed by atoms with Crippen molar-refractivity contribution in [3.8, 4) is 39.1 Å². The molecule has 11 aromatic rings. The van der Waals surface area contributed by atoms with E-state index in [1.54, 1.807) is 0 Å². The van der Waals surface area contributed by atoms with Gasteiger partial charge in [-0.05, 0) is 118 Å². The highest BCUT2D eigenvalue weighted by molar-refractivity contribution is 6.12. The molecule has 0 amide bonds. The quantitative estimate of drug-likeness (QED) is 0.163. The Balaban J connectivity index is 1.04. The van der Waals surface area contributed by atoms with Crippen LogP contribution >= 0.6 is 0 Å². The van der Waals surface area contributed by atoms with Crippen molar-refractivity contribution in [3.63, 3.8) is 0 Å². The van der Waals surface area contributed by atoms with Crippen LogP contribution in [0.25, 0.3) is 82.8 Å². The van der Waals surface area contributed by atoms with Gasteiger partial charge >= 0.3 is 0 Å². The van der Waals surface area contributed by atoms with E-state index in [0.717, 1.165) is 50.3 Å². The molecule has 0 aliphatic rings. The summed E-state index contributed by atoms with van der Waals surface area (Å²) in [5.74, 6) is 0. The van der Waals surface area contributed by atoms with Gasteiger partial charge in [0.25, 0.3) is 0 Å². The van der Waals surface area contributed by atoms with Crippen molar-refractivity contribution in [3.05, 3.63) is 218 Å². The molecule has 0 spiro atoms. The molecule has 0 saturated heterocycles. The Morgan fingerprint density at radius 2 is 0.825 bits per heavy atom. The smallest absolute Gasteiger partial charge is 0.135 e. The van der Waals surface area contributed by atoms with Crippen LogP contribution in [0.3, 0.4) is 0 Å². The van der Waals surface area contributed by atoms with E-state index in [1.807, 2.05) is 0 Å². The lowest BCUT2D eigenvalue weighted by atomic mass is 9.98. The molecule has 0 unspecified atom stereocenters. The summed E-state index contributed by atoms with van der Waals surface area (Å²) in [6, 6.07) is 78.1. The molecule has 0 saturated carbocycles. The summed E-state index contributed by atoms with van der Waals surface area (Å²) < 4.78 is 8.89. The summed E-state index contributed by atoms with van der Waals surface area (Å²) in [7, 11) is 0. The summed E-state index contributed by atoms with van der Waals surface area (Å²) in [5.41, 5.74) is 15.6. The van der Waals surface area contributed by atoms with Crippen molar-refractivity contribution < 1.29 is 4.42 Å². The molecule has 3 heteroatoms. The van der Waals surface area contributed by atoms with Gasteiger partial charge in [-0.1, -0.05) is 133 Å². The summed E-state index contributed by atoms with van der Waals surface area (Å²) >= 11 is 0. The van der Waals surface area contributed by atoms with E-state index in [-0.39, 0.29) is 0 Å². The number of anilines is 3. The normalized spacial score (nSPS) is 11.5. The second-order valence-corrected chi connectivity index (χ2v) is 14.6. The number of para-hydroxylation sites is 2. The number of hydrogen-bond acceptors (Lipinski definition) is 2. The van der Waals surface area contributed by atoms with Gasteiger partial charge in [-0.2, -0.15) is 0 Å². The first-order valence-corrected chi connectivity index (χ1v) is 19.4. The van der Waals surface area contributed by atoms with E-state index < -0.39 is 0 Å². The van der Waals surface area contributed by atoms with Gasteiger partial charge in [0, 0.05) is 44.3 Å². The Hall–Kier alpha value is -7.62. The summed E-state index contributed by atoms with van der Waals surface area (Å²) in [4.78, 5) is 2.34. The van der Waals surface area contributed by atoms with Crippen molar-refractivity contribution in [1.82, 2.24) is 4.57 Å². The summed E-state index contributed by atoms with van der Waals surface area (Å²) in [6.45, 7) is 0. The molecular formula is C54H36N2O. The highest BCUT2D eigenvalue weighted by Gasteiger charge is 2.18. The van der Waals surface area contributed by atoms with Gasteiger partial charge in [0.2, 0.25) is 0 Å². The van der Waals surface area contributed by atoms with Crippen LogP contribution in [0.2, 0.25) is 0 Å². The predicted molar refractivity (Wildman–Crippen MR) is 239 cm³/mol. The van der Waals surface area contributed by atoms with E-state index in [0.29, 0.717) is 0 Å². The molecule has 57 heavy (non-hydrogen) atoms. The fourth-order valence-corrected chi connectivity index (χ4v) is 8.45. The van der Waals surface area contributed by atoms with Gasteiger partial charge in [-0.15, -0.1) is 0 Å². The van der Waals surface area contributed by atoms with Crippen LogP contribution in [0.4, 0.5) is 17.1 Å². The SMILES string of the molecule is c1ccc(-c2cccc(-c3cccc(N(c4ccccc4)c4ccc5oc6ccc(-n7c8ccccc8c8cc(-c9ccccc9)ccc87)cc6c5c4)c3)c2)cc1. The molecule has 0 aliphatic carbocycles. The van der Waals surface area contributed by atoms with Crippen LogP contribution in [-0.2, 0) is 0 Å². The number of aromatic nitrogens is 1. The number of furan rings is 1. The predicted octanol–water partition coefficient (Wildman–Crippen LogP) is 15.2. The van der Waals surface area contributed by atoms with E-state index in [4.69, 9.17) is 4.42 Å². The number of fused-ring (bicyclic) bond motifs is 6. The van der Waals surface area contributed by atoms with Crippen LogP contribution in [0.15, 0.2) is 223 Å². The van der Waals surface area contributed by atoms with Gasteiger partial charge < -0.3 is 13.9 Å². The van der Waals surface area contributed by atoms with E-state index in [2.05, 4.69) is 228 Å². The van der Waals surface area contributed by atoms with Crippen molar-refractivity contribution >= 4 is 60.8 Å². The molecule has 0 bridgehead atoms. The van der Waals surface area contributed by atoms with E-state index in [9.17, 15) is 0 Å². The lowest BCUT2D eigenvalue weighted by molar-refractivity contribution is 0.669. The standard InChI is InChI=1S/C54H36N2O/c1-4-14-37(15-5-1)39-18-12-19-40(32-39)41-20-13-23-44(33-41)55(43-21-8-3-9-22-43)45-27-30-53-49(35-45)50-36-46(28-31-54(50)57-53)56-51-25-11-10-24-47(51)48-34-42(26-29-52(48)56)38-16-6-2-7-17-38/h1-36H. The van der Waals surface area contributed by atoms with Crippen molar-refractivity contribution in [1.29, 1.82) is 0 Å².